The van der Waals surface area contributed by atoms with Crippen LogP contribution in [-0.2, 0) is 0 Å². The molecule has 0 atom stereocenters. The molecule has 2 aromatic rings. The van der Waals surface area contributed by atoms with Crippen molar-refractivity contribution in [3.63, 3.8) is 0 Å². The molecule has 0 heterocycles. The van der Waals surface area contributed by atoms with E-state index in [2.05, 4.69) is 4.99 Å². The van der Waals surface area contributed by atoms with Crippen LogP contribution in [0.4, 0.5) is 10.1 Å². The Kier molecular flexibility index (Phi) is 4.82. The average molecular weight is 313 g/mol. The Hall–Kier alpha value is -1.78. The number of halogens is 3. The number of rotatable bonds is 4. The maximum absolute atomic E-state index is 13.1. The van der Waals surface area contributed by atoms with Gasteiger partial charge in [0.05, 0.1) is 5.88 Å². The van der Waals surface area contributed by atoms with Crippen LogP contribution in [0.15, 0.2) is 47.5 Å². The third kappa shape index (κ3) is 3.85. The Balaban J connectivity index is 2.36. The molecule has 0 aliphatic carbocycles. The number of nitrogens with zero attached hydrogens (tertiary/aromatic N) is 1. The quantitative estimate of drug-likeness (QED) is 0.513. The molecule has 2 rings (SSSR count). The summed E-state index contributed by atoms with van der Waals surface area (Å²) in [5.74, 6) is 0.701. The van der Waals surface area contributed by atoms with Gasteiger partial charge in [0.1, 0.15) is 23.1 Å². The second-order valence-corrected chi connectivity index (χ2v) is 4.61. The number of benzene rings is 2. The summed E-state index contributed by atoms with van der Waals surface area (Å²) in [5, 5.41) is 0.484. The third-order valence-electron chi connectivity index (χ3n) is 2.35. The average Bonchev–Trinajstić information content (AvgIpc) is 2.42. The van der Waals surface area contributed by atoms with Crippen LogP contribution in [0.5, 0.6) is 11.5 Å². The molecular formula is C14H11Cl2FN2O. The normalized spacial score (nSPS) is 11.4. The van der Waals surface area contributed by atoms with Crippen LogP contribution in [0.2, 0.25) is 5.02 Å². The van der Waals surface area contributed by atoms with E-state index in [-0.39, 0.29) is 17.5 Å². The van der Waals surface area contributed by atoms with Gasteiger partial charge in [0.2, 0.25) is 0 Å². The molecule has 20 heavy (non-hydrogen) atoms. The van der Waals surface area contributed by atoms with Gasteiger partial charge in [-0.15, -0.1) is 11.6 Å². The van der Waals surface area contributed by atoms with Gasteiger partial charge >= 0.3 is 0 Å². The monoisotopic (exact) mass is 312 g/mol. The van der Waals surface area contributed by atoms with Crippen molar-refractivity contribution in [2.75, 3.05) is 5.88 Å². The molecule has 2 aromatic carbocycles. The van der Waals surface area contributed by atoms with Gasteiger partial charge in [0.15, 0.2) is 5.75 Å². The van der Waals surface area contributed by atoms with Crippen molar-refractivity contribution in [2.24, 2.45) is 10.7 Å². The highest BCUT2D eigenvalue weighted by molar-refractivity contribution is 6.31. The largest absolute Gasteiger partial charge is 0.455 e. The zero-order valence-electron chi connectivity index (χ0n) is 10.3. The summed E-state index contributed by atoms with van der Waals surface area (Å²) in [5.41, 5.74) is 6.03. The van der Waals surface area contributed by atoms with E-state index in [1.54, 1.807) is 30.3 Å². The summed E-state index contributed by atoms with van der Waals surface area (Å²) in [4.78, 5) is 4.12. The highest BCUT2D eigenvalue weighted by Crippen LogP contribution is 2.34. The van der Waals surface area contributed by atoms with Crippen LogP contribution in [0.25, 0.3) is 0 Å². The number of hydrogen-bond acceptors (Lipinski definition) is 2. The molecule has 0 aliphatic rings. The topological polar surface area (TPSA) is 47.6 Å². The Morgan fingerprint density at radius 1 is 1.25 bits per heavy atom. The zero-order chi connectivity index (χ0) is 14.5. The van der Waals surface area contributed by atoms with E-state index < -0.39 is 0 Å². The minimum Gasteiger partial charge on any atom is -0.455 e. The minimum absolute atomic E-state index is 0.0892. The fourth-order valence-electron chi connectivity index (χ4n) is 1.51. The van der Waals surface area contributed by atoms with Gasteiger partial charge in [0.25, 0.3) is 0 Å². The number of ether oxygens (including phenoxy) is 1. The van der Waals surface area contributed by atoms with E-state index in [4.69, 9.17) is 33.7 Å². The Morgan fingerprint density at radius 2 is 2.05 bits per heavy atom. The Bertz CT molecular complexity index is 647. The van der Waals surface area contributed by atoms with Crippen molar-refractivity contribution in [3.05, 3.63) is 53.3 Å². The lowest BCUT2D eigenvalue weighted by Crippen LogP contribution is -2.12. The predicted octanol–water partition coefficient (Wildman–Crippen LogP) is 4.50. The van der Waals surface area contributed by atoms with Crippen molar-refractivity contribution in [1.29, 1.82) is 0 Å². The molecule has 0 saturated heterocycles. The van der Waals surface area contributed by atoms with Crippen molar-refractivity contribution < 1.29 is 9.13 Å². The second kappa shape index (κ2) is 6.59. The maximum atomic E-state index is 13.1. The van der Waals surface area contributed by atoms with Crippen molar-refractivity contribution in [2.45, 2.75) is 0 Å². The number of amidine groups is 1. The molecule has 104 valence electrons. The number of hydrogen-bond donors (Lipinski definition) is 1. The van der Waals surface area contributed by atoms with Crippen molar-refractivity contribution in [1.82, 2.24) is 0 Å². The Labute approximate surface area is 125 Å². The maximum Gasteiger partial charge on any atom is 0.153 e. The van der Waals surface area contributed by atoms with Crippen LogP contribution in [0.1, 0.15) is 0 Å². The van der Waals surface area contributed by atoms with Crippen molar-refractivity contribution >= 4 is 34.7 Å². The fourth-order valence-corrected chi connectivity index (χ4v) is 1.73. The first kappa shape index (κ1) is 14.6. The van der Waals surface area contributed by atoms with Crippen LogP contribution in [0, 0.1) is 5.82 Å². The first-order chi connectivity index (χ1) is 9.58. The molecule has 0 unspecified atom stereocenters. The van der Waals surface area contributed by atoms with E-state index in [9.17, 15) is 4.39 Å². The number of nitrogens with two attached hydrogens (primary N) is 1. The van der Waals surface area contributed by atoms with Gasteiger partial charge in [-0.2, -0.15) is 0 Å². The minimum atomic E-state index is -0.387. The van der Waals surface area contributed by atoms with Gasteiger partial charge < -0.3 is 10.5 Å². The molecule has 0 spiro atoms. The lowest BCUT2D eigenvalue weighted by Gasteiger charge is -2.09. The molecule has 0 amide bonds. The van der Waals surface area contributed by atoms with Gasteiger partial charge in [-0.1, -0.05) is 17.7 Å². The van der Waals surface area contributed by atoms with Crippen molar-refractivity contribution in [3.8, 4) is 11.5 Å². The van der Waals surface area contributed by atoms with E-state index in [0.717, 1.165) is 0 Å². The van der Waals surface area contributed by atoms with Crippen LogP contribution >= 0.6 is 23.2 Å². The molecule has 3 nitrogen and oxygen atoms in total. The van der Waals surface area contributed by atoms with E-state index in [0.29, 0.717) is 22.2 Å². The summed E-state index contributed by atoms with van der Waals surface area (Å²) in [6.45, 7) is 0. The Morgan fingerprint density at radius 3 is 2.75 bits per heavy atom. The van der Waals surface area contributed by atoms with Gasteiger partial charge in [-0.05, 0) is 30.3 Å². The van der Waals surface area contributed by atoms with Crippen LogP contribution < -0.4 is 10.5 Å². The predicted molar refractivity (Wildman–Crippen MR) is 79.9 cm³/mol. The van der Waals surface area contributed by atoms with E-state index >= 15 is 0 Å². The lowest BCUT2D eigenvalue weighted by atomic mass is 10.3. The molecule has 0 saturated carbocycles. The number of alkyl halides is 1. The fraction of sp³-hybridized carbons (Fsp3) is 0.0714. The molecule has 0 bridgehead atoms. The molecule has 0 fully saturated rings. The summed E-state index contributed by atoms with van der Waals surface area (Å²) >= 11 is 11.5. The van der Waals surface area contributed by atoms with Gasteiger partial charge in [-0.3, -0.25) is 0 Å². The molecule has 6 heteroatoms. The first-order valence-corrected chi connectivity index (χ1v) is 6.61. The summed E-state index contributed by atoms with van der Waals surface area (Å²) in [7, 11) is 0. The summed E-state index contributed by atoms with van der Waals surface area (Å²) < 4.78 is 18.7. The standard InChI is InChI=1S/C14H11Cl2FN2O/c15-8-14(18)19-12-6-9(16)4-5-13(12)20-11-3-1-2-10(17)7-11/h1-7H,8H2,(H2,18,19). The lowest BCUT2D eigenvalue weighted by molar-refractivity contribution is 0.478. The molecule has 0 aromatic heterocycles. The summed E-state index contributed by atoms with van der Waals surface area (Å²) in [6.07, 6.45) is 0. The highest BCUT2D eigenvalue weighted by atomic mass is 35.5. The summed E-state index contributed by atoms with van der Waals surface area (Å²) in [6, 6.07) is 10.7. The van der Waals surface area contributed by atoms with Gasteiger partial charge in [-0.25, -0.2) is 9.38 Å². The number of aliphatic imine (C=N–C) groups is 1. The van der Waals surface area contributed by atoms with E-state index in [1.165, 1.54) is 12.1 Å². The zero-order valence-corrected chi connectivity index (χ0v) is 11.8. The third-order valence-corrected chi connectivity index (χ3v) is 2.85. The highest BCUT2D eigenvalue weighted by Gasteiger charge is 2.07. The van der Waals surface area contributed by atoms with Crippen LogP contribution in [-0.4, -0.2) is 11.7 Å². The smallest absolute Gasteiger partial charge is 0.153 e. The van der Waals surface area contributed by atoms with E-state index in [1.807, 2.05) is 0 Å². The SMILES string of the molecule is NC(CCl)=Nc1cc(Cl)ccc1Oc1cccc(F)c1. The molecule has 0 radical (unpaired) electrons. The molecular weight excluding hydrogens is 302 g/mol. The van der Waals surface area contributed by atoms with Crippen LogP contribution in [0.3, 0.4) is 0 Å². The molecule has 2 N–H and O–H groups in total. The van der Waals surface area contributed by atoms with Gasteiger partial charge in [0, 0.05) is 11.1 Å². The first-order valence-electron chi connectivity index (χ1n) is 5.70. The second-order valence-electron chi connectivity index (χ2n) is 3.91. The molecule has 0 aliphatic heterocycles.